The first-order valence-corrected chi connectivity index (χ1v) is 5.22. The van der Waals surface area contributed by atoms with Crippen molar-refractivity contribution in [2.24, 2.45) is 10.8 Å². The number of furan rings is 1. The molecule has 0 unspecified atom stereocenters. The molecule has 0 radical (unpaired) electrons. The van der Waals surface area contributed by atoms with Gasteiger partial charge in [0.15, 0.2) is 0 Å². The molecule has 2 amide bonds. The molecule has 0 saturated carbocycles. The lowest BCUT2D eigenvalue weighted by Crippen LogP contribution is -2.24. The highest BCUT2D eigenvalue weighted by molar-refractivity contribution is 5.93. The van der Waals surface area contributed by atoms with Crippen LogP contribution in [-0.2, 0) is 10.9 Å². The molecule has 1 aromatic heterocycles. The highest BCUT2D eigenvalue weighted by Crippen LogP contribution is 2.34. The highest BCUT2D eigenvalue weighted by Gasteiger charge is 2.40. The average Bonchev–Trinajstić information content (AvgIpc) is 2.73. The number of hydrazone groups is 1. The molecular weight excluding hydrogens is 283 g/mol. The summed E-state index contributed by atoms with van der Waals surface area (Å²) in [5, 5.41) is 3.22. The Hall–Kier alpha value is -2.52. The zero-order chi connectivity index (χ0) is 15.3. The monoisotopic (exact) mass is 293 g/mol. The number of nitrogens with two attached hydrogens (primary N) is 1. The number of carbonyl (C=O) groups is 2. The number of amides is 2. The maximum Gasteiger partial charge on any atom is 0.450 e. The maximum absolute atomic E-state index is 12.7. The quantitative estimate of drug-likeness (QED) is 0.498. The van der Waals surface area contributed by atoms with Crippen LogP contribution >= 0.6 is 0 Å². The molecule has 1 aromatic rings. The lowest BCUT2D eigenvalue weighted by Gasteiger charge is -2.05. The number of nitrogens with one attached hydrogen (secondary N) is 1. The fourth-order valence-corrected chi connectivity index (χ4v) is 1.20. The van der Waals surface area contributed by atoms with E-state index in [2.05, 4.69) is 14.3 Å². The molecule has 0 fully saturated rings. The first kappa shape index (κ1) is 15.5. The maximum atomic E-state index is 12.7. The van der Waals surface area contributed by atoms with E-state index in [4.69, 9.17) is 5.73 Å². The molecular formula is C10H10F3N3O4. The second-order valence-corrected chi connectivity index (χ2v) is 3.34. The van der Waals surface area contributed by atoms with E-state index in [-0.39, 0.29) is 6.61 Å². The Balaban J connectivity index is 3.09. The van der Waals surface area contributed by atoms with Crippen LogP contribution in [0.25, 0.3) is 0 Å². The number of primary amides is 1. The average molecular weight is 293 g/mol. The van der Waals surface area contributed by atoms with Gasteiger partial charge in [-0.25, -0.2) is 15.0 Å². The summed E-state index contributed by atoms with van der Waals surface area (Å²) in [6, 6.07) is -0.207. The summed E-state index contributed by atoms with van der Waals surface area (Å²) in [4.78, 5) is 21.7. The molecule has 20 heavy (non-hydrogen) atoms. The van der Waals surface area contributed by atoms with E-state index in [0.717, 1.165) is 12.3 Å². The molecule has 0 saturated heterocycles. The van der Waals surface area contributed by atoms with E-state index in [0.29, 0.717) is 0 Å². The fraction of sp³-hybridized carbons (Fsp3) is 0.300. The van der Waals surface area contributed by atoms with Gasteiger partial charge in [-0.2, -0.15) is 18.3 Å². The molecule has 7 nitrogen and oxygen atoms in total. The second kappa shape index (κ2) is 6.08. The molecule has 110 valence electrons. The largest absolute Gasteiger partial charge is 0.462 e. The predicted molar refractivity (Wildman–Crippen MR) is 60.0 cm³/mol. The zero-order valence-electron chi connectivity index (χ0n) is 10.2. The Morgan fingerprint density at radius 1 is 1.55 bits per heavy atom. The van der Waals surface area contributed by atoms with Crippen molar-refractivity contribution >= 4 is 18.2 Å². The van der Waals surface area contributed by atoms with Gasteiger partial charge in [-0.05, 0) is 6.92 Å². The van der Waals surface area contributed by atoms with Gasteiger partial charge in [0, 0.05) is 6.07 Å². The van der Waals surface area contributed by atoms with Crippen LogP contribution in [0, 0.1) is 0 Å². The lowest BCUT2D eigenvalue weighted by molar-refractivity contribution is -0.153. The first-order chi connectivity index (χ1) is 9.25. The van der Waals surface area contributed by atoms with Crippen molar-refractivity contribution in [1.82, 2.24) is 5.43 Å². The Labute approximate surface area is 110 Å². The fourth-order valence-electron chi connectivity index (χ4n) is 1.20. The summed E-state index contributed by atoms with van der Waals surface area (Å²) in [7, 11) is 0. The number of urea groups is 1. The molecule has 3 N–H and O–H groups in total. The van der Waals surface area contributed by atoms with Crippen LogP contribution in [0.3, 0.4) is 0 Å². The summed E-state index contributed by atoms with van der Waals surface area (Å²) in [5.74, 6) is -3.07. The normalized spacial score (nSPS) is 11.6. The smallest absolute Gasteiger partial charge is 0.450 e. The molecule has 1 rings (SSSR count). The van der Waals surface area contributed by atoms with Gasteiger partial charge in [0.2, 0.25) is 5.76 Å². The minimum atomic E-state index is -4.87. The van der Waals surface area contributed by atoms with E-state index in [1.165, 1.54) is 6.92 Å². The summed E-state index contributed by atoms with van der Waals surface area (Å²) in [6.07, 6.45) is -4.10. The van der Waals surface area contributed by atoms with Crippen LogP contribution in [0.15, 0.2) is 15.6 Å². The lowest BCUT2D eigenvalue weighted by atomic mass is 10.2. The topological polar surface area (TPSA) is 107 Å². The standard InChI is InChI=1S/C10H10F3N3O4/c1-2-19-8(17)6-3-5(4-15-16-9(14)18)20-7(6)10(11,12)13/h3-4H,2H2,1H3,(H3,14,16,18)/b15-4+. The van der Waals surface area contributed by atoms with Gasteiger partial charge in [-0.3, -0.25) is 0 Å². The number of alkyl halides is 3. The van der Waals surface area contributed by atoms with Gasteiger partial charge < -0.3 is 14.9 Å². The van der Waals surface area contributed by atoms with Crippen molar-refractivity contribution in [1.29, 1.82) is 0 Å². The minimum absolute atomic E-state index is 0.0893. The summed E-state index contributed by atoms with van der Waals surface area (Å²) < 4.78 is 47.0. The minimum Gasteiger partial charge on any atom is -0.462 e. The van der Waals surface area contributed by atoms with E-state index in [1.807, 2.05) is 0 Å². The van der Waals surface area contributed by atoms with Crippen molar-refractivity contribution in [3.63, 3.8) is 0 Å². The number of halogens is 3. The van der Waals surface area contributed by atoms with Gasteiger partial charge in [0.1, 0.15) is 11.3 Å². The number of ether oxygens (including phenoxy) is 1. The summed E-state index contributed by atoms with van der Waals surface area (Å²) in [6.45, 7) is 1.36. The van der Waals surface area contributed by atoms with Crippen molar-refractivity contribution in [2.45, 2.75) is 13.1 Å². The Morgan fingerprint density at radius 3 is 2.70 bits per heavy atom. The molecule has 0 aliphatic rings. The van der Waals surface area contributed by atoms with E-state index in [1.54, 1.807) is 5.43 Å². The Kier molecular flexibility index (Phi) is 4.73. The van der Waals surface area contributed by atoms with Crippen molar-refractivity contribution in [2.75, 3.05) is 6.61 Å². The molecule has 0 atom stereocenters. The predicted octanol–water partition coefficient (Wildman–Crippen LogP) is 1.48. The third kappa shape index (κ3) is 4.00. The molecule has 10 heteroatoms. The van der Waals surface area contributed by atoms with Crippen LogP contribution in [0.2, 0.25) is 0 Å². The number of nitrogens with zero attached hydrogens (tertiary/aromatic N) is 1. The molecule has 0 spiro atoms. The summed E-state index contributed by atoms with van der Waals surface area (Å²) in [5.41, 5.74) is 5.69. The van der Waals surface area contributed by atoms with Crippen LogP contribution in [-0.4, -0.2) is 24.8 Å². The van der Waals surface area contributed by atoms with E-state index in [9.17, 15) is 22.8 Å². The first-order valence-electron chi connectivity index (χ1n) is 5.22. The Bertz CT molecular complexity index is 536. The van der Waals surface area contributed by atoms with Gasteiger partial charge in [-0.1, -0.05) is 0 Å². The summed E-state index contributed by atoms with van der Waals surface area (Å²) >= 11 is 0. The highest BCUT2D eigenvalue weighted by atomic mass is 19.4. The number of esters is 1. The molecule has 0 bridgehead atoms. The number of hydrogen-bond acceptors (Lipinski definition) is 5. The number of carbonyl (C=O) groups excluding carboxylic acids is 2. The molecule has 1 heterocycles. The van der Waals surface area contributed by atoms with Crippen LogP contribution in [0.5, 0.6) is 0 Å². The van der Waals surface area contributed by atoms with Crippen molar-refractivity contribution in [3.05, 3.63) is 23.2 Å². The third-order valence-corrected chi connectivity index (χ3v) is 1.87. The van der Waals surface area contributed by atoms with E-state index >= 15 is 0 Å². The number of hydrogen-bond donors (Lipinski definition) is 2. The van der Waals surface area contributed by atoms with Crippen LogP contribution < -0.4 is 11.2 Å². The van der Waals surface area contributed by atoms with Gasteiger partial charge in [0.25, 0.3) is 0 Å². The Morgan fingerprint density at radius 2 is 2.20 bits per heavy atom. The molecule has 0 aliphatic carbocycles. The molecule has 0 aliphatic heterocycles. The second-order valence-electron chi connectivity index (χ2n) is 3.34. The van der Waals surface area contributed by atoms with Crippen molar-refractivity contribution in [3.8, 4) is 0 Å². The van der Waals surface area contributed by atoms with Crippen LogP contribution in [0.1, 0.15) is 28.8 Å². The molecule has 0 aromatic carbocycles. The number of rotatable bonds is 4. The van der Waals surface area contributed by atoms with Gasteiger partial charge in [0.05, 0.1) is 12.8 Å². The van der Waals surface area contributed by atoms with Gasteiger partial charge in [-0.15, -0.1) is 0 Å². The van der Waals surface area contributed by atoms with Gasteiger partial charge >= 0.3 is 18.2 Å². The SMILES string of the molecule is CCOC(=O)c1cc(/C=N/NC(N)=O)oc1C(F)(F)F. The van der Waals surface area contributed by atoms with Crippen LogP contribution in [0.4, 0.5) is 18.0 Å². The third-order valence-electron chi connectivity index (χ3n) is 1.87. The van der Waals surface area contributed by atoms with Crippen molar-refractivity contribution < 1.29 is 31.9 Å². The van der Waals surface area contributed by atoms with E-state index < -0.39 is 35.3 Å². The zero-order valence-corrected chi connectivity index (χ0v) is 10.2.